The van der Waals surface area contributed by atoms with Crippen LogP contribution in [-0.4, -0.2) is 34.5 Å². The lowest BCUT2D eigenvalue weighted by Gasteiger charge is -2.13. The first-order valence-corrected chi connectivity index (χ1v) is 8.53. The summed E-state index contributed by atoms with van der Waals surface area (Å²) in [5.41, 5.74) is 0.786. The van der Waals surface area contributed by atoms with E-state index in [1.807, 2.05) is 0 Å². The average molecular weight is 404 g/mol. The van der Waals surface area contributed by atoms with Gasteiger partial charge in [0.25, 0.3) is 11.8 Å². The highest BCUT2D eigenvalue weighted by molar-refractivity contribution is 6.30. The first kappa shape index (κ1) is 20.9. The summed E-state index contributed by atoms with van der Waals surface area (Å²) in [5.74, 6) is -1.67. The van der Waals surface area contributed by atoms with E-state index in [1.54, 1.807) is 26.0 Å². The van der Waals surface area contributed by atoms with Crippen LogP contribution in [0.4, 0.5) is 11.5 Å². The smallest absolute Gasteiger partial charge is 0.341 e. The average Bonchev–Trinajstić information content (AvgIpc) is 2.68. The molecule has 0 aliphatic rings. The molecular formula is C19H18ClN3O5. The van der Waals surface area contributed by atoms with Gasteiger partial charge in [0.1, 0.15) is 11.6 Å². The summed E-state index contributed by atoms with van der Waals surface area (Å²) in [6.45, 7) is 2.79. The van der Waals surface area contributed by atoms with E-state index >= 15 is 0 Å². The number of amides is 2. The number of nitrogens with zero attached hydrogens (tertiary/aromatic N) is 1. The molecule has 0 aliphatic carbocycles. The van der Waals surface area contributed by atoms with Gasteiger partial charge in [-0.3, -0.25) is 9.59 Å². The van der Waals surface area contributed by atoms with Crippen molar-refractivity contribution in [3.05, 3.63) is 58.8 Å². The summed E-state index contributed by atoms with van der Waals surface area (Å²) in [6.07, 6.45) is 3.01. The van der Waals surface area contributed by atoms with Gasteiger partial charge in [0.15, 0.2) is 6.61 Å². The Kier molecular flexibility index (Phi) is 7.11. The summed E-state index contributed by atoms with van der Waals surface area (Å²) in [5, 5.41) is 14.4. The number of carbonyl (C=O) groups excluding carboxylic acids is 2. The molecule has 1 aromatic carbocycles. The number of benzene rings is 1. The molecule has 28 heavy (non-hydrogen) atoms. The van der Waals surface area contributed by atoms with Crippen LogP contribution in [0.1, 0.15) is 24.2 Å². The van der Waals surface area contributed by atoms with Gasteiger partial charge in [-0.05, 0) is 44.2 Å². The Balaban J connectivity index is 2.33. The fourth-order valence-electron chi connectivity index (χ4n) is 2.04. The molecule has 0 saturated carbocycles. The number of aromatic nitrogens is 1. The van der Waals surface area contributed by atoms with E-state index in [0.29, 0.717) is 10.6 Å². The van der Waals surface area contributed by atoms with Crippen LogP contribution in [0.25, 0.3) is 0 Å². The summed E-state index contributed by atoms with van der Waals surface area (Å²) >= 11 is 5.78. The minimum atomic E-state index is -1.16. The molecule has 0 saturated heterocycles. The second-order valence-electron chi connectivity index (χ2n) is 5.63. The molecule has 8 nitrogen and oxygen atoms in total. The second-order valence-corrected chi connectivity index (χ2v) is 6.07. The van der Waals surface area contributed by atoms with Crippen LogP contribution in [-0.2, 0) is 9.59 Å². The molecule has 0 atom stereocenters. The van der Waals surface area contributed by atoms with Gasteiger partial charge in [0.05, 0.1) is 16.3 Å². The molecule has 2 rings (SSSR count). The molecule has 2 amide bonds. The Morgan fingerprint density at radius 1 is 1.21 bits per heavy atom. The number of allylic oxidation sites excluding steroid dienone is 1. The lowest BCUT2D eigenvalue weighted by Crippen LogP contribution is -2.19. The number of halogens is 1. The molecule has 146 valence electrons. The summed E-state index contributed by atoms with van der Waals surface area (Å²) in [7, 11) is 0. The first-order valence-electron chi connectivity index (χ1n) is 8.16. The van der Waals surface area contributed by atoms with Gasteiger partial charge in [0, 0.05) is 11.8 Å². The Labute approximate surface area is 166 Å². The van der Waals surface area contributed by atoms with Gasteiger partial charge in [0.2, 0.25) is 0 Å². The van der Waals surface area contributed by atoms with Crippen LogP contribution in [0, 0.1) is 0 Å². The van der Waals surface area contributed by atoms with E-state index in [2.05, 4.69) is 15.6 Å². The molecule has 0 fully saturated rings. The molecule has 9 heteroatoms. The monoisotopic (exact) mass is 403 g/mol. The highest BCUT2D eigenvalue weighted by atomic mass is 35.5. The fraction of sp³-hybridized carbons (Fsp3) is 0.158. The Morgan fingerprint density at radius 3 is 2.57 bits per heavy atom. The van der Waals surface area contributed by atoms with E-state index < -0.39 is 18.5 Å². The van der Waals surface area contributed by atoms with E-state index in [9.17, 15) is 14.4 Å². The normalized spacial score (nSPS) is 10.9. The van der Waals surface area contributed by atoms with Crippen molar-refractivity contribution >= 4 is 40.9 Å². The maximum Gasteiger partial charge on any atom is 0.341 e. The number of rotatable bonds is 7. The number of anilines is 2. The molecule has 3 N–H and O–H groups in total. The van der Waals surface area contributed by atoms with Crippen molar-refractivity contribution in [3.63, 3.8) is 0 Å². The number of hydrogen-bond acceptors (Lipinski definition) is 5. The number of carbonyl (C=O) groups is 3. The van der Waals surface area contributed by atoms with Crippen molar-refractivity contribution in [2.24, 2.45) is 0 Å². The number of ether oxygens (including phenoxy) is 1. The molecule has 0 radical (unpaired) electrons. The molecule has 0 unspecified atom stereocenters. The van der Waals surface area contributed by atoms with Crippen LogP contribution >= 0.6 is 11.6 Å². The minimum Gasteiger partial charge on any atom is -0.482 e. The maximum atomic E-state index is 12.7. The van der Waals surface area contributed by atoms with E-state index in [4.69, 9.17) is 21.4 Å². The molecule has 0 bridgehead atoms. The van der Waals surface area contributed by atoms with Crippen molar-refractivity contribution in [2.45, 2.75) is 13.8 Å². The first-order chi connectivity index (χ1) is 13.3. The van der Waals surface area contributed by atoms with Crippen LogP contribution in [0.15, 0.2) is 48.2 Å². The molecular weight excluding hydrogens is 386 g/mol. The number of nitrogens with one attached hydrogen (secondary N) is 2. The predicted molar refractivity (Wildman–Crippen MR) is 105 cm³/mol. The van der Waals surface area contributed by atoms with Crippen molar-refractivity contribution in [2.75, 3.05) is 17.2 Å². The largest absolute Gasteiger partial charge is 0.482 e. The third-order valence-electron chi connectivity index (χ3n) is 3.61. The van der Waals surface area contributed by atoms with Gasteiger partial charge in [-0.2, -0.15) is 0 Å². The van der Waals surface area contributed by atoms with Crippen molar-refractivity contribution in [1.82, 2.24) is 4.98 Å². The van der Waals surface area contributed by atoms with Crippen molar-refractivity contribution in [3.8, 4) is 5.75 Å². The molecule has 1 heterocycles. The van der Waals surface area contributed by atoms with Gasteiger partial charge in [-0.1, -0.05) is 17.7 Å². The van der Waals surface area contributed by atoms with Crippen LogP contribution in [0.2, 0.25) is 5.02 Å². The topological polar surface area (TPSA) is 118 Å². The third kappa shape index (κ3) is 5.82. The fourth-order valence-corrected chi connectivity index (χ4v) is 2.15. The molecule has 0 spiro atoms. The van der Waals surface area contributed by atoms with Gasteiger partial charge < -0.3 is 20.5 Å². The highest BCUT2D eigenvalue weighted by Gasteiger charge is 2.17. The van der Waals surface area contributed by atoms with E-state index in [-0.39, 0.29) is 28.7 Å². The zero-order valence-corrected chi connectivity index (χ0v) is 15.9. The lowest BCUT2D eigenvalue weighted by molar-refractivity contribution is -0.139. The standard InChI is InChI=1S/C19H18ClN3O5/c1-3-11(2)18(26)22-15-6-5-13(28-10-17(24)25)8-14(15)19(27)23-16-7-4-12(20)9-21-16/h3-9H,10H2,1-2H3,(H,22,26)(H,24,25)(H,21,23,27)/b11-3+. The van der Waals surface area contributed by atoms with E-state index in [1.165, 1.54) is 30.5 Å². The maximum absolute atomic E-state index is 12.7. The highest BCUT2D eigenvalue weighted by Crippen LogP contribution is 2.24. The zero-order chi connectivity index (χ0) is 20.7. The van der Waals surface area contributed by atoms with E-state index in [0.717, 1.165) is 0 Å². The number of hydrogen-bond donors (Lipinski definition) is 3. The molecule has 0 aliphatic heterocycles. The quantitative estimate of drug-likeness (QED) is 0.610. The third-order valence-corrected chi connectivity index (χ3v) is 3.83. The zero-order valence-electron chi connectivity index (χ0n) is 15.2. The number of aliphatic carboxylic acids is 1. The molecule has 1 aromatic heterocycles. The van der Waals surface area contributed by atoms with Gasteiger partial charge in [-0.15, -0.1) is 0 Å². The number of carboxylic acid groups (broad SMARTS) is 1. The second kappa shape index (κ2) is 9.52. The SMILES string of the molecule is C/C=C(\C)C(=O)Nc1ccc(OCC(=O)O)cc1C(=O)Nc1ccc(Cl)cn1. The summed E-state index contributed by atoms with van der Waals surface area (Å²) in [4.78, 5) is 39.6. The Bertz CT molecular complexity index is 926. The summed E-state index contributed by atoms with van der Waals surface area (Å²) in [6, 6.07) is 7.35. The van der Waals surface area contributed by atoms with Crippen molar-refractivity contribution in [1.29, 1.82) is 0 Å². The minimum absolute atomic E-state index is 0.0805. The summed E-state index contributed by atoms with van der Waals surface area (Å²) < 4.78 is 5.12. The number of carboxylic acids is 1. The van der Waals surface area contributed by atoms with Gasteiger partial charge in [-0.25, -0.2) is 9.78 Å². The van der Waals surface area contributed by atoms with Crippen LogP contribution in [0.3, 0.4) is 0 Å². The van der Waals surface area contributed by atoms with Crippen LogP contribution < -0.4 is 15.4 Å². The Hall–Kier alpha value is -3.39. The lowest BCUT2D eigenvalue weighted by atomic mass is 10.1. The van der Waals surface area contributed by atoms with Crippen LogP contribution in [0.5, 0.6) is 5.75 Å². The van der Waals surface area contributed by atoms with Gasteiger partial charge >= 0.3 is 5.97 Å². The Morgan fingerprint density at radius 2 is 1.96 bits per heavy atom. The molecule has 2 aromatic rings. The number of pyridine rings is 1. The predicted octanol–water partition coefficient (Wildman–Crippen LogP) is 3.36. The van der Waals surface area contributed by atoms with Crippen molar-refractivity contribution < 1.29 is 24.2 Å².